The third-order valence-corrected chi connectivity index (χ3v) is 6.27. The maximum atomic E-state index is 12.5. The molecule has 0 spiro atoms. The van der Waals surface area contributed by atoms with Crippen LogP contribution < -0.4 is 16.4 Å². The van der Waals surface area contributed by atoms with Gasteiger partial charge in [0, 0.05) is 30.8 Å². The van der Waals surface area contributed by atoms with Gasteiger partial charge < -0.3 is 21.5 Å². The minimum Gasteiger partial charge on any atom is -0.479 e. The number of carboxylic acid groups (broad SMARTS) is 1. The summed E-state index contributed by atoms with van der Waals surface area (Å²) in [7, 11) is 0. The molecule has 0 aliphatic carbocycles. The third kappa shape index (κ3) is 9.20. The van der Waals surface area contributed by atoms with Crippen molar-refractivity contribution in [3.8, 4) is 0 Å². The third-order valence-electron chi connectivity index (χ3n) is 5.18. The number of thioether (sulfide) groups is 1. The van der Waals surface area contributed by atoms with Crippen LogP contribution in [0.5, 0.6) is 0 Å². The van der Waals surface area contributed by atoms with Gasteiger partial charge in [0.25, 0.3) is 0 Å². The second-order valence-corrected chi connectivity index (χ2v) is 8.97. The van der Waals surface area contributed by atoms with Crippen molar-refractivity contribution in [1.29, 1.82) is 0 Å². The number of amides is 1. The van der Waals surface area contributed by atoms with Crippen molar-refractivity contribution in [1.82, 2.24) is 10.6 Å². The Morgan fingerprint density at radius 2 is 1.96 bits per heavy atom. The van der Waals surface area contributed by atoms with Crippen molar-refractivity contribution in [2.45, 2.75) is 64.6 Å². The zero-order valence-corrected chi connectivity index (χ0v) is 19.6. The first-order chi connectivity index (χ1) is 13.1. The lowest BCUT2D eigenvalue weighted by Gasteiger charge is -2.34. The molecule has 0 radical (unpaired) electrons. The minimum atomic E-state index is -1.23. The quantitative estimate of drug-likeness (QED) is 0.201. The minimum absolute atomic E-state index is 0.0229. The van der Waals surface area contributed by atoms with Crippen LogP contribution in [0.1, 0.15) is 47.0 Å². The smallest absolute Gasteiger partial charge is 0.329 e. The predicted octanol–water partition coefficient (Wildman–Crippen LogP) is 2.54. The maximum absolute atomic E-state index is 12.5. The Morgan fingerprint density at radius 1 is 1.32 bits per heavy atom. The fraction of sp³-hybridized carbons (Fsp3) is 0.800. The van der Waals surface area contributed by atoms with E-state index in [0.29, 0.717) is 30.4 Å². The van der Waals surface area contributed by atoms with E-state index in [2.05, 4.69) is 37.1 Å². The van der Waals surface area contributed by atoms with E-state index in [-0.39, 0.29) is 30.3 Å². The Morgan fingerprint density at radius 3 is 2.43 bits per heavy atom. The average molecular weight is 434 g/mol. The molecule has 0 aromatic rings. The molecule has 0 heterocycles. The van der Waals surface area contributed by atoms with Crippen LogP contribution in [0.2, 0.25) is 0 Å². The highest BCUT2D eigenvalue weighted by Crippen LogP contribution is 2.24. The van der Waals surface area contributed by atoms with Crippen LogP contribution >= 0.6 is 24.4 Å². The number of carbonyl (C=O) groups excluding carboxylic acids is 1. The maximum Gasteiger partial charge on any atom is 0.329 e. The summed E-state index contributed by atoms with van der Waals surface area (Å²) in [5.74, 6) is 0.210. The Bertz CT molecular complexity index is 503. The van der Waals surface area contributed by atoms with E-state index in [1.165, 1.54) is 0 Å². The molecule has 0 aromatic carbocycles. The zero-order valence-electron chi connectivity index (χ0n) is 17.9. The van der Waals surface area contributed by atoms with Crippen LogP contribution in [0.3, 0.4) is 0 Å². The number of nitrogens with one attached hydrogen (secondary N) is 2. The summed E-state index contributed by atoms with van der Waals surface area (Å²) in [5.41, 5.74) is 4.69. The van der Waals surface area contributed by atoms with Gasteiger partial charge in [-0.3, -0.25) is 4.79 Å². The summed E-state index contributed by atoms with van der Waals surface area (Å²) in [5, 5.41) is 16.0. The number of rotatable bonds is 15. The molecule has 0 saturated heterocycles. The van der Waals surface area contributed by atoms with Crippen LogP contribution in [-0.4, -0.2) is 58.9 Å². The van der Waals surface area contributed by atoms with Crippen molar-refractivity contribution >= 4 is 36.3 Å². The first-order valence-corrected chi connectivity index (χ1v) is 12.0. The summed E-state index contributed by atoms with van der Waals surface area (Å²) in [6.07, 6.45) is 7.27. The highest BCUT2D eigenvalue weighted by Gasteiger charge is 2.42. The Kier molecular flexibility index (Phi) is 14.0. The lowest BCUT2D eigenvalue weighted by Crippen LogP contribution is -2.58. The molecule has 5 N–H and O–H groups in total. The Labute approximate surface area is 180 Å². The molecule has 28 heavy (non-hydrogen) atoms. The van der Waals surface area contributed by atoms with Crippen molar-refractivity contribution in [2.75, 3.05) is 24.3 Å². The number of nitrogens with two attached hydrogens (primary N) is 1. The Hall–Kier alpha value is -0.700. The number of carboxylic acids is 1. The van der Waals surface area contributed by atoms with E-state index in [4.69, 9.17) is 5.73 Å². The molecule has 0 rings (SSSR count). The molecular formula is C20H39N3O3S2. The molecule has 6 nitrogen and oxygen atoms in total. The normalized spacial score (nSPS) is 17.3. The van der Waals surface area contributed by atoms with Gasteiger partial charge in [0.15, 0.2) is 0 Å². The molecule has 1 amide bonds. The summed E-state index contributed by atoms with van der Waals surface area (Å²) < 4.78 is 0. The van der Waals surface area contributed by atoms with Gasteiger partial charge in [0.1, 0.15) is 5.54 Å². The second kappa shape index (κ2) is 14.3. The van der Waals surface area contributed by atoms with Crippen molar-refractivity contribution in [3.63, 3.8) is 0 Å². The van der Waals surface area contributed by atoms with Crippen molar-refractivity contribution in [2.24, 2.45) is 17.6 Å². The summed E-state index contributed by atoms with van der Waals surface area (Å²) in [6, 6.07) is 0.0832. The Balaban J connectivity index is 5.01. The fourth-order valence-electron chi connectivity index (χ4n) is 2.85. The number of aliphatic carboxylic acids is 1. The zero-order chi connectivity index (χ0) is 21.7. The summed E-state index contributed by atoms with van der Waals surface area (Å²) in [6.45, 7) is 8.58. The van der Waals surface area contributed by atoms with E-state index in [1.54, 1.807) is 11.8 Å². The molecule has 0 saturated carbocycles. The fourth-order valence-corrected chi connectivity index (χ4v) is 3.51. The van der Waals surface area contributed by atoms with Crippen LogP contribution in [0, 0.1) is 11.8 Å². The molecule has 0 unspecified atom stereocenters. The lowest BCUT2D eigenvalue weighted by atomic mass is 9.83. The molecular weight excluding hydrogens is 394 g/mol. The molecule has 0 aromatic heterocycles. The largest absolute Gasteiger partial charge is 0.479 e. The highest BCUT2D eigenvalue weighted by atomic mass is 32.2. The number of thiol groups is 1. The molecule has 0 bridgehead atoms. The topological polar surface area (TPSA) is 104 Å². The second-order valence-electron chi connectivity index (χ2n) is 7.62. The van der Waals surface area contributed by atoms with Gasteiger partial charge in [-0.25, -0.2) is 4.79 Å². The van der Waals surface area contributed by atoms with Gasteiger partial charge in [0.05, 0.1) is 0 Å². The molecule has 8 heteroatoms. The van der Waals surface area contributed by atoms with Gasteiger partial charge in [-0.1, -0.05) is 46.3 Å². The molecule has 0 aliphatic rings. The van der Waals surface area contributed by atoms with Gasteiger partial charge in [-0.2, -0.15) is 24.4 Å². The first-order valence-electron chi connectivity index (χ1n) is 9.94. The molecule has 0 fully saturated rings. The van der Waals surface area contributed by atoms with Crippen LogP contribution in [0.4, 0.5) is 0 Å². The van der Waals surface area contributed by atoms with Crippen LogP contribution in [0.25, 0.3) is 0 Å². The number of carbonyl (C=O) groups is 2. The van der Waals surface area contributed by atoms with Crippen LogP contribution in [0.15, 0.2) is 12.2 Å². The standard InChI is InChI=1S/C20H39N3O3S2/c1-6-15(4)17(22-12-16(21)13-27)8-7-9-18(24)23-20(14(2)3,19(25)26)10-11-28-5/h7-8,14-17,22,27H,6,9-13,21H2,1-5H3,(H,23,24)(H,25,26)/b8-7+/t15-,16+,17+,20+/m0/s1. The monoisotopic (exact) mass is 433 g/mol. The van der Waals surface area contributed by atoms with Crippen molar-refractivity contribution < 1.29 is 14.7 Å². The van der Waals surface area contributed by atoms with E-state index in [0.717, 1.165) is 6.42 Å². The summed E-state index contributed by atoms with van der Waals surface area (Å²) in [4.78, 5) is 24.4. The molecule has 164 valence electrons. The highest BCUT2D eigenvalue weighted by molar-refractivity contribution is 7.98. The van der Waals surface area contributed by atoms with Gasteiger partial charge >= 0.3 is 5.97 Å². The van der Waals surface area contributed by atoms with E-state index in [9.17, 15) is 14.7 Å². The van der Waals surface area contributed by atoms with E-state index >= 15 is 0 Å². The lowest BCUT2D eigenvalue weighted by molar-refractivity contribution is -0.150. The van der Waals surface area contributed by atoms with Gasteiger partial charge in [0.2, 0.25) is 5.91 Å². The first kappa shape index (κ1) is 27.3. The van der Waals surface area contributed by atoms with Crippen molar-refractivity contribution in [3.05, 3.63) is 12.2 Å². The van der Waals surface area contributed by atoms with E-state index in [1.807, 2.05) is 32.3 Å². The van der Waals surface area contributed by atoms with E-state index < -0.39 is 11.5 Å². The predicted molar refractivity (Wildman–Crippen MR) is 123 cm³/mol. The molecule has 4 atom stereocenters. The number of hydrogen-bond donors (Lipinski definition) is 5. The summed E-state index contributed by atoms with van der Waals surface area (Å²) >= 11 is 5.78. The van der Waals surface area contributed by atoms with Crippen LogP contribution in [-0.2, 0) is 9.59 Å². The van der Waals surface area contributed by atoms with Gasteiger partial charge in [-0.05, 0) is 30.3 Å². The average Bonchev–Trinajstić information content (AvgIpc) is 2.66. The number of hydrogen-bond acceptors (Lipinski definition) is 6. The molecule has 0 aliphatic heterocycles. The SMILES string of the molecule is CC[C@H](C)[C@@H](/C=C/CC(=O)N[C@@](CCSC)(C(=O)O)C(C)C)NC[C@@H](N)CS. The van der Waals surface area contributed by atoms with Gasteiger partial charge in [-0.15, -0.1) is 0 Å².